The van der Waals surface area contributed by atoms with Gasteiger partial charge in [0.15, 0.2) is 0 Å². The molecule has 3 rings (SSSR count). The van der Waals surface area contributed by atoms with Crippen LogP contribution in [0.25, 0.3) is 5.76 Å². The first-order valence-electron chi connectivity index (χ1n) is 9.80. The number of nitrogens with zero attached hydrogens (tertiary/aromatic N) is 1. The molecular weight excluding hydrogens is 469 g/mol. The monoisotopic (exact) mass is 488 g/mol. The first-order chi connectivity index (χ1) is 14.8. The van der Waals surface area contributed by atoms with Crippen LogP contribution in [-0.2, 0) is 14.4 Å². The van der Waals surface area contributed by atoms with E-state index in [1.807, 2.05) is 0 Å². The van der Waals surface area contributed by atoms with E-state index in [-0.39, 0.29) is 29.9 Å². The van der Waals surface area contributed by atoms with E-state index in [9.17, 15) is 29.0 Å². The van der Waals surface area contributed by atoms with Crippen molar-refractivity contribution in [2.45, 2.75) is 31.7 Å². The van der Waals surface area contributed by atoms with Gasteiger partial charge in [0.05, 0.1) is 11.6 Å². The number of likely N-dealkylation sites (tertiary alicyclic amines) is 1. The summed E-state index contributed by atoms with van der Waals surface area (Å²) in [6.45, 7) is 0.119. The fourth-order valence-electron chi connectivity index (χ4n) is 3.62. The smallest absolute Gasteiger partial charge is 0.295 e. The Kier molecular flexibility index (Phi) is 7.22. The molecule has 0 radical (unpaired) electrons. The van der Waals surface area contributed by atoms with E-state index >= 15 is 0 Å². The lowest BCUT2D eigenvalue weighted by atomic mass is 9.95. The number of rotatable bonds is 8. The second-order valence-corrected chi connectivity index (χ2v) is 8.12. The summed E-state index contributed by atoms with van der Waals surface area (Å²) < 4.78 is 15.4. The van der Waals surface area contributed by atoms with Crippen LogP contribution in [0, 0.1) is 5.82 Å². The van der Waals surface area contributed by atoms with Crippen molar-refractivity contribution in [3.05, 3.63) is 75.5 Å². The summed E-state index contributed by atoms with van der Waals surface area (Å²) in [5.41, 5.74) is 0.263. The minimum absolute atomic E-state index is 0.0981. The van der Waals surface area contributed by atoms with Gasteiger partial charge in [0, 0.05) is 28.1 Å². The van der Waals surface area contributed by atoms with E-state index in [1.165, 1.54) is 23.1 Å². The molecule has 8 heteroatoms. The van der Waals surface area contributed by atoms with E-state index in [0.29, 0.717) is 24.8 Å². The van der Waals surface area contributed by atoms with E-state index in [0.717, 1.165) is 4.47 Å². The second kappa shape index (κ2) is 9.87. The summed E-state index contributed by atoms with van der Waals surface area (Å²) in [5, 5.41) is 21.4. The number of halogens is 2. The molecule has 0 aliphatic carbocycles. The van der Waals surface area contributed by atoms with Crippen molar-refractivity contribution in [2.24, 2.45) is 0 Å². The molecule has 0 saturated carbocycles. The number of aliphatic hydroxyl groups excluding tert-OH is 1. The van der Waals surface area contributed by atoms with Crippen LogP contribution in [-0.4, -0.2) is 34.2 Å². The molecule has 31 heavy (non-hydrogen) atoms. The van der Waals surface area contributed by atoms with Crippen LogP contribution in [0.2, 0.25) is 0 Å². The Hall–Kier alpha value is -3.00. The zero-order valence-corrected chi connectivity index (χ0v) is 18.1. The van der Waals surface area contributed by atoms with E-state index in [1.54, 1.807) is 30.3 Å². The van der Waals surface area contributed by atoms with Gasteiger partial charge in [0.2, 0.25) is 0 Å². The second-order valence-electron chi connectivity index (χ2n) is 7.20. The average molecular weight is 489 g/mol. The predicted molar refractivity (Wildman–Crippen MR) is 113 cm³/mol. The van der Waals surface area contributed by atoms with E-state index in [2.05, 4.69) is 15.9 Å². The molecule has 1 unspecified atom stereocenters. The number of carbonyl (C=O) groups is 3. The Morgan fingerprint density at radius 3 is 2.39 bits per heavy atom. The quantitative estimate of drug-likeness (QED) is 0.266. The Balaban J connectivity index is 1.99. The Morgan fingerprint density at radius 2 is 1.74 bits per heavy atom. The van der Waals surface area contributed by atoms with Crippen molar-refractivity contribution in [1.29, 1.82) is 0 Å². The molecule has 0 bridgehead atoms. The van der Waals surface area contributed by atoms with Crippen molar-refractivity contribution >= 4 is 39.3 Å². The number of aliphatic hydroxyl groups is 1. The maximum atomic E-state index is 14.7. The van der Waals surface area contributed by atoms with Gasteiger partial charge in [-0.05, 0) is 37.5 Å². The lowest BCUT2D eigenvalue weighted by Gasteiger charge is -2.25. The van der Waals surface area contributed by atoms with Gasteiger partial charge in [-0.1, -0.05) is 52.7 Å². The van der Waals surface area contributed by atoms with Crippen LogP contribution in [0.5, 0.6) is 0 Å². The molecule has 6 nitrogen and oxygen atoms in total. The molecule has 1 heterocycles. The fraction of sp³-hybridized carbons (Fsp3) is 0.261. The summed E-state index contributed by atoms with van der Waals surface area (Å²) in [6, 6.07) is 11.3. The van der Waals surface area contributed by atoms with Gasteiger partial charge in [-0.25, -0.2) is 4.39 Å². The summed E-state index contributed by atoms with van der Waals surface area (Å²) in [7, 11) is 0. The van der Waals surface area contributed by atoms with Crippen LogP contribution in [0.15, 0.2) is 58.6 Å². The molecule has 2 aromatic rings. The molecule has 1 amide bonds. The molecular formula is C23H20BrFNO5-. The molecule has 1 fully saturated rings. The highest BCUT2D eigenvalue weighted by Crippen LogP contribution is 2.40. The van der Waals surface area contributed by atoms with Gasteiger partial charge in [-0.15, -0.1) is 0 Å². The van der Waals surface area contributed by atoms with Crippen molar-refractivity contribution in [3.8, 4) is 0 Å². The van der Waals surface area contributed by atoms with Crippen LogP contribution < -0.4 is 5.11 Å². The van der Waals surface area contributed by atoms with Gasteiger partial charge >= 0.3 is 0 Å². The molecule has 2 aromatic carbocycles. The molecule has 0 spiro atoms. The average Bonchev–Trinajstić information content (AvgIpc) is 2.98. The lowest BCUT2D eigenvalue weighted by Crippen LogP contribution is -2.31. The van der Waals surface area contributed by atoms with Crippen LogP contribution >= 0.6 is 15.9 Å². The number of Topliss-reactive ketones (excluding diaryl/α,β-unsaturated/α-hetero) is 1. The van der Waals surface area contributed by atoms with Crippen LogP contribution in [0.4, 0.5) is 4.39 Å². The molecule has 1 N–H and O–H groups in total. The standard InChI is InChI=1S/C23H21BrFNO5/c24-15-11-9-14(10-12-15)21(29)19-20(16-6-3-4-7-17(16)25)26(23(31)22(19)30)13-5-1-2-8-18(27)28/h3-4,6-7,9-12,20,29H,1-2,5,8,13H2,(H,27,28)/p-1. The zero-order valence-electron chi connectivity index (χ0n) is 16.5. The number of amides is 1. The summed E-state index contributed by atoms with van der Waals surface area (Å²) in [5.74, 6) is -3.84. The number of carboxylic acid groups (broad SMARTS) is 1. The molecule has 1 saturated heterocycles. The third-order valence-corrected chi connectivity index (χ3v) is 5.67. The van der Waals surface area contributed by atoms with Gasteiger partial charge in [0.25, 0.3) is 11.7 Å². The molecule has 0 aromatic heterocycles. The summed E-state index contributed by atoms with van der Waals surface area (Å²) in [6.07, 6.45) is 1.19. The normalized spacial score (nSPS) is 17.9. The number of unbranched alkanes of at least 4 members (excludes halogenated alkanes) is 2. The van der Waals surface area contributed by atoms with Gasteiger partial charge in [-0.2, -0.15) is 0 Å². The van der Waals surface area contributed by atoms with Gasteiger partial charge in [-0.3, -0.25) is 9.59 Å². The SMILES string of the molecule is O=C([O-])CCCCCN1C(=O)C(=O)C(=C(O)c2ccc(Br)cc2)C1c1ccccc1F. The number of hydrogen-bond acceptors (Lipinski definition) is 5. The highest BCUT2D eigenvalue weighted by molar-refractivity contribution is 9.10. The third-order valence-electron chi connectivity index (χ3n) is 5.14. The van der Waals surface area contributed by atoms with Crippen molar-refractivity contribution in [2.75, 3.05) is 6.54 Å². The Morgan fingerprint density at radius 1 is 1.06 bits per heavy atom. The number of carbonyl (C=O) groups excluding carboxylic acids is 3. The topological polar surface area (TPSA) is 97.7 Å². The van der Waals surface area contributed by atoms with E-state index in [4.69, 9.17) is 0 Å². The lowest BCUT2D eigenvalue weighted by molar-refractivity contribution is -0.305. The number of carboxylic acids is 1. The fourth-order valence-corrected chi connectivity index (χ4v) is 3.89. The molecule has 162 valence electrons. The largest absolute Gasteiger partial charge is 0.550 e. The van der Waals surface area contributed by atoms with Gasteiger partial charge in [0.1, 0.15) is 11.6 Å². The zero-order chi connectivity index (χ0) is 22.5. The van der Waals surface area contributed by atoms with E-state index < -0.39 is 29.5 Å². The predicted octanol–water partition coefficient (Wildman–Crippen LogP) is 3.32. The first-order valence-corrected chi connectivity index (χ1v) is 10.6. The number of ketones is 1. The Bertz CT molecular complexity index is 1030. The molecule has 1 aliphatic rings. The Labute approximate surface area is 187 Å². The number of aliphatic carboxylic acids is 1. The van der Waals surface area contributed by atoms with Gasteiger partial charge < -0.3 is 19.9 Å². The number of benzene rings is 2. The van der Waals surface area contributed by atoms with Crippen LogP contribution in [0.1, 0.15) is 42.9 Å². The first kappa shape index (κ1) is 22.7. The summed E-state index contributed by atoms with van der Waals surface area (Å²) >= 11 is 3.30. The van der Waals surface area contributed by atoms with Crippen molar-refractivity contribution in [3.63, 3.8) is 0 Å². The highest BCUT2D eigenvalue weighted by Gasteiger charge is 2.46. The molecule has 1 aliphatic heterocycles. The maximum absolute atomic E-state index is 14.7. The molecule has 1 atom stereocenters. The highest BCUT2D eigenvalue weighted by atomic mass is 79.9. The van der Waals surface area contributed by atoms with Crippen LogP contribution in [0.3, 0.4) is 0 Å². The number of hydrogen-bond donors (Lipinski definition) is 1. The van der Waals surface area contributed by atoms with Crippen molar-refractivity contribution in [1.82, 2.24) is 4.90 Å². The summed E-state index contributed by atoms with van der Waals surface area (Å²) in [4.78, 5) is 37.4. The minimum atomic E-state index is -1.15. The van der Waals surface area contributed by atoms with Crippen molar-refractivity contribution < 1.29 is 29.0 Å². The minimum Gasteiger partial charge on any atom is -0.550 e. The third kappa shape index (κ3) is 5.02. The maximum Gasteiger partial charge on any atom is 0.295 e.